The summed E-state index contributed by atoms with van der Waals surface area (Å²) < 4.78 is 28.2. The minimum Gasteiger partial charge on any atom is -0.477 e. The molecule has 2 rings (SSSR count). The molecule has 2 N–H and O–H groups in total. The maximum Gasteiger partial charge on any atom is 0.352 e. The first-order chi connectivity index (χ1) is 9.81. The van der Waals surface area contributed by atoms with E-state index in [9.17, 15) is 13.2 Å². The molecule has 2 aromatic rings. The van der Waals surface area contributed by atoms with Gasteiger partial charge in [-0.1, -0.05) is 0 Å². The lowest BCUT2D eigenvalue weighted by atomic mass is 10.3. The van der Waals surface area contributed by atoms with Crippen LogP contribution in [-0.2, 0) is 16.6 Å². The van der Waals surface area contributed by atoms with Gasteiger partial charge < -0.3 is 9.67 Å². The Morgan fingerprint density at radius 1 is 1.52 bits per heavy atom. The number of hydrogen-bond acceptors (Lipinski definition) is 5. The molecule has 2 aromatic heterocycles. The van der Waals surface area contributed by atoms with E-state index in [-0.39, 0.29) is 23.2 Å². The number of rotatable bonds is 6. The van der Waals surface area contributed by atoms with Crippen LogP contribution in [-0.4, -0.2) is 29.0 Å². The molecule has 0 unspecified atom stereocenters. The van der Waals surface area contributed by atoms with E-state index < -0.39 is 16.0 Å². The number of carbonyl (C=O) groups is 1. The summed E-state index contributed by atoms with van der Waals surface area (Å²) in [4.78, 5) is 15.1. The number of aromatic carboxylic acids is 1. The van der Waals surface area contributed by atoms with Crippen LogP contribution >= 0.6 is 11.3 Å². The van der Waals surface area contributed by atoms with Crippen LogP contribution in [0.1, 0.15) is 36.1 Å². The van der Waals surface area contributed by atoms with Gasteiger partial charge in [0.15, 0.2) is 0 Å². The van der Waals surface area contributed by atoms with Crippen molar-refractivity contribution in [1.29, 1.82) is 0 Å². The normalized spacial score (nSPS) is 12.0. The molecule has 21 heavy (non-hydrogen) atoms. The Labute approximate surface area is 126 Å². The molecule has 0 radical (unpaired) electrons. The van der Waals surface area contributed by atoms with Gasteiger partial charge in [0.1, 0.15) is 10.6 Å². The molecule has 0 aromatic carbocycles. The second-order valence-electron chi connectivity index (χ2n) is 4.67. The number of thiazole rings is 1. The van der Waals surface area contributed by atoms with E-state index in [0.29, 0.717) is 5.69 Å². The van der Waals surface area contributed by atoms with Crippen molar-refractivity contribution in [3.05, 3.63) is 34.5 Å². The second-order valence-corrected chi connectivity index (χ2v) is 7.16. The molecule has 2 heterocycles. The molecule has 0 spiro atoms. The van der Waals surface area contributed by atoms with Crippen LogP contribution in [0.4, 0.5) is 0 Å². The molecule has 0 saturated heterocycles. The quantitative estimate of drug-likeness (QED) is 0.840. The highest BCUT2D eigenvalue weighted by molar-refractivity contribution is 7.89. The highest BCUT2D eigenvalue weighted by Crippen LogP contribution is 2.19. The Bertz CT molecular complexity index is 733. The van der Waals surface area contributed by atoms with Gasteiger partial charge in [-0.05, 0) is 19.9 Å². The maximum atomic E-state index is 12.2. The Kier molecular flexibility index (Phi) is 4.45. The number of carboxylic acid groups (broad SMARTS) is 1. The van der Waals surface area contributed by atoms with E-state index in [2.05, 4.69) is 9.71 Å². The van der Waals surface area contributed by atoms with Crippen LogP contribution < -0.4 is 4.72 Å². The van der Waals surface area contributed by atoms with Gasteiger partial charge in [0.25, 0.3) is 0 Å². The molecule has 0 bridgehead atoms. The third kappa shape index (κ3) is 3.49. The fourth-order valence-electron chi connectivity index (χ4n) is 1.78. The zero-order chi connectivity index (χ0) is 15.6. The number of nitrogens with one attached hydrogen (secondary N) is 1. The molecule has 9 heteroatoms. The molecule has 0 aliphatic rings. The third-order valence-corrected chi connectivity index (χ3v) is 4.84. The molecular weight excluding hydrogens is 314 g/mol. The molecule has 0 saturated carbocycles. The lowest BCUT2D eigenvalue weighted by Gasteiger charge is -2.09. The van der Waals surface area contributed by atoms with Crippen LogP contribution in [0, 0.1) is 0 Å². The van der Waals surface area contributed by atoms with Gasteiger partial charge in [0.2, 0.25) is 10.0 Å². The third-order valence-electron chi connectivity index (χ3n) is 2.84. The summed E-state index contributed by atoms with van der Waals surface area (Å²) in [5.41, 5.74) is 2.17. The Morgan fingerprint density at radius 3 is 2.71 bits per heavy atom. The topological polar surface area (TPSA) is 101 Å². The zero-order valence-electron chi connectivity index (χ0n) is 11.5. The number of sulfonamides is 1. The van der Waals surface area contributed by atoms with Gasteiger partial charge in [-0.25, -0.2) is 22.9 Å². The van der Waals surface area contributed by atoms with Crippen molar-refractivity contribution >= 4 is 27.3 Å². The SMILES string of the molecule is CC(C)n1cc(S(=O)(=O)NCc2cscn2)cc1C(=O)O. The predicted octanol–water partition coefficient (Wildman–Crippen LogP) is 1.70. The van der Waals surface area contributed by atoms with Gasteiger partial charge in [-0.2, -0.15) is 0 Å². The monoisotopic (exact) mass is 329 g/mol. The minimum atomic E-state index is -3.77. The standard InChI is InChI=1S/C12H15N3O4S2/c1-8(2)15-5-10(3-11(15)12(16)17)21(18,19)14-4-9-6-20-7-13-9/h3,5-8,14H,4H2,1-2H3,(H,16,17). The van der Waals surface area contributed by atoms with E-state index in [0.717, 1.165) is 6.07 Å². The zero-order valence-corrected chi connectivity index (χ0v) is 13.1. The van der Waals surface area contributed by atoms with Gasteiger partial charge in [0.05, 0.1) is 17.7 Å². The van der Waals surface area contributed by atoms with Crippen LogP contribution in [0.3, 0.4) is 0 Å². The van der Waals surface area contributed by atoms with Crippen molar-refractivity contribution in [2.45, 2.75) is 31.3 Å². The summed E-state index contributed by atoms with van der Waals surface area (Å²) in [5, 5.41) is 10.9. The largest absolute Gasteiger partial charge is 0.477 e. The lowest BCUT2D eigenvalue weighted by molar-refractivity contribution is 0.0683. The summed E-state index contributed by atoms with van der Waals surface area (Å²) in [6.45, 7) is 3.64. The van der Waals surface area contributed by atoms with Gasteiger partial charge >= 0.3 is 5.97 Å². The average Bonchev–Trinajstić information content (AvgIpc) is 3.06. The van der Waals surface area contributed by atoms with E-state index in [4.69, 9.17) is 5.11 Å². The van der Waals surface area contributed by atoms with Crippen LogP contribution in [0.2, 0.25) is 0 Å². The summed E-state index contributed by atoms with van der Waals surface area (Å²) in [6.07, 6.45) is 1.33. The van der Waals surface area contributed by atoms with E-state index in [1.165, 1.54) is 22.1 Å². The molecule has 0 aliphatic carbocycles. The molecule has 0 amide bonds. The van der Waals surface area contributed by atoms with Crippen molar-refractivity contribution in [1.82, 2.24) is 14.3 Å². The summed E-state index contributed by atoms with van der Waals surface area (Å²) in [6, 6.07) is 1.00. The first-order valence-electron chi connectivity index (χ1n) is 6.13. The second kappa shape index (κ2) is 5.96. The Balaban J connectivity index is 2.27. The fraction of sp³-hybridized carbons (Fsp3) is 0.333. The molecular formula is C12H15N3O4S2. The van der Waals surface area contributed by atoms with Crippen molar-refractivity contribution in [2.24, 2.45) is 0 Å². The fourth-order valence-corrected chi connectivity index (χ4v) is 3.36. The first-order valence-corrected chi connectivity index (χ1v) is 8.56. The van der Waals surface area contributed by atoms with Crippen molar-refractivity contribution < 1.29 is 18.3 Å². The average molecular weight is 329 g/mol. The van der Waals surface area contributed by atoms with Crippen molar-refractivity contribution in [3.8, 4) is 0 Å². The van der Waals surface area contributed by atoms with Crippen molar-refractivity contribution in [2.75, 3.05) is 0 Å². The predicted molar refractivity (Wildman–Crippen MR) is 77.9 cm³/mol. The summed E-state index contributed by atoms with van der Waals surface area (Å²) in [5.74, 6) is -1.16. The highest BCUT2D eigenvalue weighted by Gasteiger charge is 2.22. The smallest absolute Gasteiger partial charge is 0.352 e. The highest BCUT2D eigenvalue weighted by atomic mass is 32.2. The maximum absolute atomic E-state index is 12.2. The number of aromatic nitrogens is 2. The van der Waals surface area contributed by atoms with Gasteiger partial charge in [0, 0.05) is 17.6 Å². The van der Waals surface area contributed by atoms with E-state index in [1.807, 2.05) is 0 Å². The minimum absolute atomic E-state index is 0.0565. The lowest BCUT2D eigenvalue weighted by Crippen LogP contribution is -2.23. The molecule has 7 nitrogen and oxygen atoms in total. The number of nitrogens with zero attached hydrogens (tertiary/aromatic N) is 2. The molecule has 0 aliphatic heterocycles. The Morgan fingerprint density at radius 2 is 2.24 bits per heavy atom. The van der Waals surface area contributed by atoms with Gasteiger partial charge in [-0.3, -0.25) is 0 Å². The molecule has 114 valence electrons. The first kappa shape index (κ1) is 15.7. The molecule has 0 atom stereocenters. The summed E-state index contributed by atoms with van der Waals surface area (Å²) in [7, 11) is -3.77. The Hall–Kier alpha value is -1.71. The molecule has 0 fully saturated rings. The van der Waals surface area contributed by atoms with Gasteiger partial charge in [-0.15, -0.1) is 11.3 Å². The van der Waals surface area contributed by atoms with Crippen LogP contribution in [0.15, 0.2) is 28.0 Å². The number of carboxylic acids is 1. The van der Waals surface area contributed by atoms with Crippen molar-refractivity contribution in [3.63, 3.8) is 0 Å². The van der Waals surface area contributed by atoms with E-state index >= 15 is 0 Å². The summed E-state index contributed by atoms with van der Waals surface area (Å²) >= 11 is 1.37. The van der Waals surface area contributed by atoms with Crippen LogP contribution in [0.25, 0.3) is 0 Å². The van der Waals surface area contributed by atoms with E-state index in [1.54, 1.807) is 24.7 Å². The number of hydrogen-bond donors (Lipinski definition) is 2. The van der Waals surface area contributed by atoms with Crippen LogP contribution in [0.5, 0.6) is 0 Å².